The van der Waals surface area contributed by atoms with Crippen LogP contribution in [0.1, 0.15) is 6.42 Å². The van der Waals surface area contributed by atoms with E-state index >= 15 is 0 Å². The van der Waals surface area contributed by atoms with Gasteiger partial charge in [-0.2, -0.15) is 4.31 Å². The smallest absolute Gasteiger partial charge is 0.270 e. The van der Waals surface area contributed by atoms with E-state index < -0.39 is 21.1 Å². The standard InChI is InChI=1S/C10H11ClN2O5S/c11-9-2-1-7(13(15)16)5-10(9)19(17,18)12-4-3-8(14)6-12/h1-2,5,8,14H,3-4,6H2/t8-/m1/s1. The number of sulfonamides is 1. The first kappa shape index (κ1) is 14.2. The number of nitrogens with zero attached hydrogens (tertiary/aromatic N) is 2. The minimum Gasteiger partial charge on any atom is -0.392 e. The van der Waals surface area contributed by atoms with Crippen LogP contribution in [0.4, 0.5) is 5.69 Å². The predicted molar refractivity (Wildman–Crippen MR) is 67.5 cm³/mol. The second-order valence-electron chi connectivity index (χ2n) is 4.18. The molecule has 104 valence electrons. The molecule has 0 saturated carbocycles. The fraction of sp³-hybridized carbons (Fsp3) is 0.400. The highest BCUT2D eigenvalue weighted by atomic mass is 35.5. The molecule has 1 fully saturated rings. The number of aliphatic hydroxyl groups excluding tert-OH is 1. The molecule has 0 radical (unpaired) electrons. The zero-order chi connectivity index (χ0) is 14.2. The molecule has 1 aliphatic heterocycles. The lowest BCUT2D eigenvalue weighted by atomic mass is 10.3. The number of nitro benzene ring substituents is 1. The van der Waals surface area contributed by atoms with Crippen LogP contribution in [0, 0.1) is 10.1 Å². The Labute approximate surface area is 114 Å². The molecule has 1 N–H and O–H groups in total. The number of hydrogen-bond acceptors (Lipinski definition) is 5. The first-order valence-electron chi connectivity index (χ1n) is 5.44. The number of nitro groups is 1. The highest BCUT2D eigenvalue weighted by molar-refractivity contribution is 7.89. The van der Waals surface area contributed by atoms with E-state index in [4.69, 9.17) is 11.6 Å². The quantitative estimate of drug-likeness (QED) is 0.663. The number of aliphatic hydroxyl groups is 1. The van der Waals surface area contributed by atoms with Gasteiger partial charge in [0.2, 0.25) is 10.0 Å². The molecule has 9 heteroatoms. The van der Waals surface area contributed by atoms with E-state index in [1.165, 1.54) is 6.07 Å². The summed E-state index contributed by atoms with van der Waals surface area (Å²) in [6.07, 6.45) is -0.376. The van der Waals surface area contributed by atoms with Crippen LogP contribution >= 0.6 is 11.6 Å². The molecule has 0 bridgehead atoms. The maximum absolute atomic E-state index is 12.3. The van der Waals surface area contributed by atoms with Crippen LogP contribution in [-0.2, 0) is 10.0 Å². The van der Waals surface area contributed by atoms with Crippen molar-refractivity contribution in [3.63, 3.8) is 0 Å². The Hall–Kier alpha value is -1.22. The molecular weight excluding hydrogens is 296 g/mol. The van der Waals surface area contributed by atoms with Crippen LogP contribution in [0.25, 0.3) is 0 Å². The zero-order valence-electron chi connectivity index (χ0n) is 9.69. The van der Waals surface area contributed by atoms with E-state index in [2.05, 4.69) is 0 Å². The molecule has 0 unspecified atom stereocenters. The summed E-state index contributed by atoms with van der Waals surface area (Å²) >= 11 is 5.81. The number of non-ortho nitro benzene ring substituents is 1. The van der Waals surface area contributed by atoms with Crippen LogP contribution in [0.3, 0.4) is 0 Å². The minimum atomic E-state index is -3.92. The summed E-state index contributed by atoms with van der Waals surface area (Å²) < 4.78 is 25.6. The van der Waals surface area contributed by atoms with Gasteiger partial charge < -0.3 is 5.11 Å². The Bertz CT molecular complexity index is 618. The molecule has 0 amide bonds. The molecule has 1 aromatic rings. The fourth-order valence-corrected chi connectivity index (χ4v) is 3.86. The van der Waals surface area contributed by atoms with Crippen molar-refractivity contribution in [1.29, 1.82) is 0 Å². The van der Waals surface area contributed by atoms with E-state index in [0.717, 1.165) is 16.4 Å². The van der Waals surface area contributed by atoms with Crippen molar-refractivity contribution in [1.82, 2.24) is 4.31 Å². The van der Waals surface area contributed by atoms with Gasteiger partial charge in [-0.25, -0.2) is 8.42 Å². The maximum atomic E-state index is 12.3. The van der Waals surface area contributed by atoms with Crippen LogP contribution in [-0.4, -0.2) is 41.9 Å². The van der Waals surface area contributed by atoms with Crippen molar-refractivity contribution in [2.24, 2.45) is 0 Å². The Morgan fingerprint density at radius 3 is 2.68 bits per heavy atom. The fourth-order valence-electron chi connectivity index (χ4n) is 1.87. The van der Waals surface area contributed by atoms with Gasteiger partial charge in [0.05, 0.1) is 16.0 Å². The van der Waals surface area contributed by atoms with Crippen molar-refractivity contribution in [2.75, 3.05) is 13.1 Å². The van der Waals surface area contributed by atoms with Crippen LogP contribution in [0.5, 0.6) is 0 Å². The first-order valence-corrected chi connectivity index (χ1v) is 7.26. The predicted octanol–water partition coefficient (Wildman–Crippen LogP) is 1.00. The van der Waals surface area contributed by atoms with Crippen LogP contribution < -0.4 is 0 Å². The third-order valence-corrected chi connectivity index (χ3v) is 5.22. The highest BCUT2D eigenvalue weighted by Gasteiger charge is 2.33. The number of rotatable bonds is 3. The highest BCUT2D eigenvalue weighted by Crippen LogP contribution is 2.30. The van der Waals surface area contributed by atoms with Crippen molar-refractivity contribution >= 4 is 27.3 Å². The normalized spacial score (nSPS) is 20.6. The summed E-state index contributed by atoms with van der Waals surface area (Å²) in [4.78, 5) is 9.68. The van der Waals surface area contributed by atoms with Gasteiger partial charge in [-0.15, -0.1) is 0 Å². The Morgan fingerprint density at radius 1 is 1.47 bits per heavy atom. The third-order valence-electron chi connectivity index (χ3n) is 2.87. The number of hydrogen-bond donors (Lipinski definition) is 1. The van der Waals surface area contributed by atoms with Gasteiger partial charge in [-0.3, -0.25) is 10.1 Å². The summed E-state index contributed by atoms with van der Waals surface area (Å²) in [6, 6.07) is 3.25. The third kappa shape index (κ3) is 2.71. The molecule has 1 aliphatic rings. The SMILES string of the molecule is O=[N+]([O-])c1ccc(Cl)c(S(=O)(=O)N2CC[C@@H](O)C2)c1. The van der Waals surface area contributed by atoms with Gasteiger partial charge in [0.15, 0.2) is 0 Å². The van der Waals surface area contributed by atoms with Crippen LogP contribution in [0.2, 0.25) is 5.02 Å². The monoisotopic (exact) mass is 306 g/mol. The van der Waals surface area contributed by atoms with E-state index in [1.807, 2.05) is 0 Å². The summed E-state index contributed by atoms with van der Waals surface area (Å²) in [5, 5.41) is 20.0. The second-order valence-corrected chi connectivity index (χ2v) is 6.49. The lowest BCUT2D eigenvalue weighted by molar-refractivity contribution is -0.385. The summed E-state index contributed by atoms with van der Waals surface area (Å²) in [6.45, 7) is 0.143. The number of halogens is 1. The maximum Gasteiger partial charge on any atom is 0.270 e. The lowest BCUT2D eigenvalue weighted by Crippen LogP contribution is -2.30. The molecule has 1 saturated heterocycles. The molecule has 2 rings (SSSR count). The molecule has 7 nitrogen and oxygen atoms in total. The molecule has 19 heavy (non-hydrogen) atoms. The Morgan fingerprint density at radius 2 is 2.16 bits per heavy atom. The van der Waals surface area contributed by atoms with Gasteiger partial charge in [0, 0.05) is 25.2 Å². The van der Waals surface area contributed by atoms with Gasteiger partial charge in [0.25, 0.3) is 5.69 Å². The molecule has 1 atom stereocenters. The zero-order valence-corrected chi connectivity index (χ0v) is 11.3. The lowest BCUT2D eigenvalue weighted by Gasteiger charge is -2.16. The summed E-state index contributed by atoms with van der Waals surface area (Å²) in [5.74, 6) is 0. The molecule has 0 aromatic heterocycles. The van der Waals surface area contributed by atoms with E-state index in [-0.39, 0.29) is 28.7 Å². The van der Waals surface area contributed by atoms with Gasteiger partial charge in [-0.05, 0) is 12.5 Å². The molecule has 0 spiro atoms. The molecule has 1 aromatic carbocycles. The molecule has 0 aliphatic carbocycles. The van der Waals surface area contributed by atoms with E-state index in [9.17, 15) is 23.6 Å². The molecular formula is C10H11ClN2O5S. The van der Waals surface area contributed by atoms with E-state index in [0.29, 0.717) is 6.42 Å². The topological polar surface area (TPSA) is 101 Å². The average Bonchev–Trinajstić information content (AvgIpc) is 2.76. The number of benzene rings is 1. The van der Waals surface area contributed by atoms with Crippen molar-refractivity contribution in [3.8, 4) is 0 Å². The van der Waals surface area contributed by atoms with Crippen molar-refractivity contribution in [3.05, 3.63) is 33.3 Å². The van der Waals surface area contributed by atoms with Gasteiger partial charge >= 0.3 is 0 Å². The Balaban J connectivity index is 2.45. The largest absolute Gasteiger partial charge is 0.392 e. The van der Waals surface area contributed by atoms with Gasteiger partial charge in [0.1, 0.15) is 4.90 Å². The molecule has 1 heterocycles. The van der Waals surface area contributed by atoms with Crippen molar-refractivity contribution < 1.29 is 18.4 Å². The summed E-state index contributed by atoms with van der Waals surface area (Å²) in [7, 11) is -3.92. The van der Waals surface area contributed by atoms with Crippen molar-refractivity contribution in [2.45, 2.75) is 17.4 Å². The minimum absolute atomic E-state index is 0.0264. The van der Waals surface area contributed by atoms with E-state index in [1.54, 1.807) is 0 Å². The van der Waals surface area contributed by atoms with Gasteiger partial charge in [-0.1, -0.05) is 11.6 Å². The Kier molecular flexibility index (Phi) is 3.77. The average molecular weight is 307 g/mol. The second kappa shape index (κ2) is 5.04. The number of β-amino-alcohol motifs (C(OH)–C–C–N with tert-alkyl or cyclic N) is 1. The van der Waals surface area contributed by atoms with Crippen LogP contribution in [0.15, 0.2) is 23.1 Å². The first-order chi connectivity index (χ1) is 8.82. The summed E-state index contributed by atoms with van der Waals surface area (Å²) in [5.41, 5.74) is -0.345.